The average Bonchev–Trinajstić information content (AvgIpc) is 2.88. The predicted octanol–water partition coefficient (Wildman–Crippen LogP) is 2.67. The molecule has 4 nitrogen and oxygen atoms in total. The molecular weight excluding hydrogens is 262 g/mol. The maximum Gasteiger partial charge on any atom is 0.119 e. The van der Waals surface area contributed by atoms with E-state index < -0.39 is 0 Å². The van der Waals surface area contributed by atoms with E-state index in [1.165, 1.54) is 11.3 Å². The van der Waals surface area contributed by atoms with E-state index >= 15 is 0 Å². The van der Waals surface area contributed by atoms with E-state index in [-0.39, 0.29) is 0 Å². The summed E-state index contributed by atoms with van der Waals surface area (Å²) < 4.78 is 5.75. The highest BCUT2D eigenvalue weighted by molar-refractivity contribution is 5.89. The van der Waals surface area contributed by atoms with E-state index in [1.54, 1.807) is 0 Å². The fourth-order valence-electron chi connectivity index (χ4n) is 3.04. The summed E-state index contributed by atoms with van der Waals surface area (Å²) in [5.41, 5.74) is 5.95. The van der Waals surface area contributed by atoms with Crippen molar-refractivity contribution in [3.05, 3.63) is 29.8 Å². The highest BCUT2D eigenvalue weighted by Crippen LogP contribution is 2.32. The van der Waals surface area contributed by atoms with Crippen molar-refractivity contribution in [2.24, 2.45) is 16.9 Å². The zero-order chi connectivity index (χ0) is 14.8. The Hall–Kier alpha value is -1.55. The first kappa shape index (κ1) is 14.4. The zero-order valence-electron chi connectivity index (χ0n) is 13.2. The van der Waals surface area contributed by atoms with Gasteiger partial charge < -0.3 is 15.1 Å². The highest BCUT2D eigenvalue weighted by Gasteiger charge is 2.35. The minimum Gasteiger partial charge on any atom is -0.493 e. The van der Waals surface area contributed by atoms with Crippen molar-refractivity contribution in [1.29, 1.82) is 0 Å². The molecule has 1 fully saturated rings. The van der Waals surface area contributed by atoms with Crippen LogP contribution in [0.4, 0.5) is 0 Å². The van der Waals surface area contributed by atoms with Crippen LogP contribution in [-0.4, -0.2) is 37.4 Å². The summed E-state index contributed by atoms with van der Waals surface area (Å²) in [4.78, 5) is 2.39. The minimum absolute atomic E-state index is 0.307. The molecule has 0 radical (unpaired) electrons. The van der Waals surface area contributed by atoms with Crippen LogP contribution in [0.2, 0.25) is 0 Å². The summed E-state index contributed by atoms with van der Waals surface area (Å²) in [7, 11) is 2.19. The Labute approximate surface area is 127 Å². The molecule has 4 heteroatoms. The maximum absolute atomic E-state index is 5.75. The van der Waals surface area contributed by atoms with Crippen LogP contribution in [0.1, 0.15) is 31.9 Å². The van der Waals surface area contributed by atoms with Crippen molar-refractivity contribution in [3.8, 4) is 5.75 Å². The monoisotopic (exact) mass is 287 g/mol. The third-order valence-electron chi connectivity index (χ3n) is 4.26. The second-order valence-electron chi connectivity index (χ2n) is 6.60. The standard InChI is InChI=1S/C17H25N3O/c1-12(2)11-21-14-6-4-13(5-7-14)17-15-10-20(3)9-8-16(15)18-19-17/h4-7,12,15,17,19H,8-11H2,1-3H3. The lowest BCUT2D eigenvalue weighted by molar-refractivity contribution is 0.269. The van der Waals surface area contributed by atoms with Crippen LogP contribution in [0.3, 0.4) is 0 Å². The van der Waals surface area contributed by atoms with Gasteiger partial charge in [0, 0.05) is 31.1 Å². The smallest absolute Gasteiger partial charge is 0.119 e. The third-order valence-corrected chi connectivity index (χ3v) is 4.26. The number of ether oxygens (including phenoxy) is 1. The number of benzene rings is 1. The molecule has 1 aromatic carbocycles. The highest BCUT2D eigenvalue weighted by atomic mass is 16.5. The summed E-state index contributed by atoms with van der Waals surface area (Å²) in [6.45, 7) is 7.29. The van der Waals surface area contributed by atoms with Gasteiger partial charge in [-0.15, -0.1) is 0 Å². The molecule has 2 unspecified atom stereocenters. The van der Waals surface area contributed by atoms with Crippen LogP contribution >= 0.6 is 0 Å². The van der Waals surface area contributed by atoms with Crippen molar-refractivity contribution in [1.82, 2.24) is 10.3 Å². The van der Waals surface area contributed by atoms with Gasteiger partial charge in [-0.05, 0) is 30.7 Å². The molecule has 0 spiro atoms. The van der Waals surface area contributed by atoms with Gasteiger partial charge in [0.25, 0.3) is 0 Å². The van der Waals surface area contributed by atoms with Gasteiger partial charge in [-0.1, -0.05) is 26.0 Å². The van der Waals surface area contributed by atoms with Crippen molar-refractivity contribution >= 4 is 5.71 Å². The predicted molar refractivity (Wildman–Crippen MR) is 85.7 cm³/mol. The van der Waals surface area contributed by atoms with Gasteiger partial charge in [0.2, 0.25) is 0 Å². The maximum atomic E-state index is 5.75. The molecule has 2 aliphatic rings. The second kappa shape index (κ2) is 6.06. The number of likely N-dealkylation sites (tertiary alicyclic amines) is 1. The van der Waals surface area contributed by atoms with Crippen LogP contribution in [0, 0.1) is 11.8 Å². The first-order valence-corrected chi connectivity index (χ1v) is 7.87. The number of hydrogen-bond donors (Lipinski definition) is 1. The molecule has 2 heterocycles. The molecule has 2 atom stereocenters. The normalized spacial score (nSPS) is 25.4. The number of rotatable bonds is 4. The lowest BCUT2D eigenvalue weighted by atomic mass is 9.86. The van der Waals surface area contributed by atoms with Gasteiger partial charge in [-0.3, -0.25) is 0 Å². The average molecular weight is 287 g/mol. The van der Waals surface area contributed by atoms with Gasteiger partial charge >= 0.3 is 0 Å². The number of nitrogens with zero attached hydrogens (tertiary/aromatic N) is 2. The number of fused-ring (bicyclic) bond motifs is 1. The fourth-order valence-corrected chi connectivity index (χ4v) is 3.04. The van der Waals surface area contributed by atoms with Crippen LogP contribution in [0.25, 0.3) is 0 Å². The largest absolute Gasteiger partial charge is 0.493 e. The molecular formula is C17H25N3O. The van der Waals surface area contributed by atoms with Gasteiger partial charge in [-0.2, -0.15) is 5.10 Å². The summed E-state index contributed by atoms with van der Waals surface area (Å²) in [6, 6.07) is 8.79. The fraction of sp³-hybridized carbons (Fsp3) is 0.588. The molecule has 2 aliphatic heterocycles. The number of piperidine rings is 1. The summed E-state index contributed by atoms with van der Waals surface area (Å²) >= 11 is 0. The Morgan fingerprint density at radius 3 is 2.81 bits per heavy atom. The summed E-state index contributed by atoms with van der Waals surface area (Å²) in [5, 5.41) is 4.54. The molecule has 1 aromatic rings. The van der Waals surface area contributed by atoms with E-state index in [1.807, 2.05) is 0 Å². The molecule has 1 saturated heterocycles. The number of hydrogen-bond acceptors (Lipinski definition) is 4. The topological polar surface area (TPSA) is 36.9 Å². The third kappa shape index (κ3) is 3.21. The summed E-state index contributed by atoms with van der Waals surface area (Å²) in [5.74, 6) is 2.01. The Morgan fingerprint density at radius 1 is 1.33 bits per heavy atom. The van der Waals surface area contributed by atoms with Crippen molar-refractivity contribution in [3.63, 3.8) is 0 Å². The molecule has 0 aromatic heterocycles. The zero-order valence-corrected chi connectivity index (χ0v) is 13.2. The van der Waals surface area contributed by atoms with Crippen LogP contribution in [0.5, 0.6) is 5.75 Å². The van der Waals surface area contributed by atoms with Crippen LogP contribution < -0.4 is 10.2 Å². The second-order valence-corrected chi connectivity index (χ2v) is 6.60. The van der Waals surface area contributed by atoms with Crippen molar-refractivity contribution in [2.45, 2.75) is 26.3 Å². The van der Waals surface area contributed by atoms with E-state index in [0.717, 1.165) is 31.9 Å². The lowest BCUT2D eigenvalue weighted by Gasteiger charge is -2.30. The van der Waals surface area contributed by atoms with Gasteiger partial charge in [0.05, 0.1) is 12.6 Å². The Kier molecular flexibility index (Phi) is 4.15. The molecule has 3 rings (SSSR count). The Balaban J connectivity index is 1.67. The Morgan fingerprint density at radius 2 is 2.10 bits per heavy atom. The van der Waals surface area contributed by atoms with Gasteiger partial charge in [0.15, 0.2) is 0 Å². The molecule has 0 amide bonds. The molecule has 0 bridgehead atoms. The van der Waals surface area contributed by atoms with Crippen LogP contribution in [-0.2, 0) is 0 Å². The SMILES string of the molecule is CC(C)COc1ccc(C2NN=C3CCN(C)CC32)cc1. The molecule has 21 heavy (non-hydrogen) atoms. The van der Waals surface area contributed by atoms with E-state index in [4.69, 9.17) is 4.74 Å². The first-order chi connectivity index (χ1) is 10.1. The Bertz CT molecular complexity index is 509. The van der Waals surface area contributed by atoms with Gasteiger partial charge in [0.1, 0.15) is 5.75 Å². The van der Waals surface area contributed by atoms with E-state index in [9.17, 15) is 0 Å². The van der Waals surface area contributed by atoms with Gasteiger partial charge in [-0.25, -0.2) is 0 Å². The molecule has 0 saturated carbocycles. The van der Waals surface area contributed by atoms with Crippen molar-refractivity contribution < 1.29 is 4.74 Å². The molecule has 114 valence electrons. The molecule has 0 aliphatic carbocycles. The minimum atomic E-state index is 0.307. The van der Waals surface area contributed by atoms with E-state index in [2.05, 4.69) is 60.6 Å². The quantitative estimate of drug-likeness (QED) is 0.925. The van der Waals surface area contributed by atoms with E-state index in [0.29, 0.717) is 17.9 Å². The van der Waals surface area contributed by atoms with Crippen LogP contribution in [0.15, 0.2) is 29.4 Å². The number of nitrogens with one attached hydrogen (secondary N) is 1. The van der Waals surface area contributed by atoms with Crippen molar-refractivity contribution in [2.75, 3.05) is 26.7 Å². The first-order valence-electron chi connectivity index (χ1n) is 7.87. The molecule has 1 N–H and O–H groups in total. The summed E-state index contributed by atoms with van der Waals surface area (Å²) in [6.07, 6.45) is 1.08. The number of hydrazone groups is 1. The lowest BCUT2D eigenvalue weighted by Crippen LogP contribution is -2.39.